The van der Waals surface area contributed by atoms with Crippen LogP contribution in [-0.4, -0.2) is 15.9 Å². The van der Waals surface area contributed by atoms with Crippen LogP contribution in [0.4, 0.5) is 4.39 Å². The molecule has 3 heteroatoms. The molecule has 0 saturated heterocycles. The monoisotopic (exact) mass is 266 g/mol. The summed E-state index contributed by atoms with van der Waals surface area (Å²) in [4.78, 5) is 0.0677. The predicted octanol–water partition coefficient (Wildman–Crippen LogP) is 2.15. The van der Waals surface area contributed by atoms with Crippen LogP contribution < -0.4 is 0 Å². The fourth-order valence-electron chi connectivity index (χ4n) is 0.0412. The van der Waals surface area contributed by atoms with Gasteiger partial charge in [0.05, 0.1) is 4.83 Å². The number of alkyl halides is 3. The van der Waals surface area contributed by atoms with Crippen molar-refractivity contribution >= 4 is 38.5 Å². The quantitative estimate of drug-likeness (QED) is 0.531. The van der Waals surface area contributed by atoms with Crippen LogP contribution in [0.15, 0.2) is 0 Å². The summed E-state index contributed by atoms with van der Waals surface area (Å²) in [5.74, 6) is 0. The van der Waals surface area contributed by atoms with E-state index in [2.05, 4.69) is 38.5 Å². The lowest BCUT2D eigenvalue weighted by molar-refractivity contribution is 0.501. The first-order valence-electron chi connectivity index (χ1n) is 1.57. The van der Waals surface area contributed by atoms with Gasteiger partial charge in [-0.1, -0.05) is 38.5 Å². The van der Waals surface area contributed by atoms with Gasteiger partial charge in [0.2, 0.25) is 0 Å². The zero-order chi connectivity index (χ0) is 4.99. The van der Waals surface area contributed by atoms with Crippen LogP contribution >= 0.6 is 38.5 Å². The summed E-state index contributed by atoms with van der Waals surface area (Å²) in [6.45, 7) is -0.261. The summed E-state index contributed by atoms with van der Waals surface area (Å²) in [6, 6.07) is 0. The topological polar surface area (TPSA) is 0 Å². The number of rotatable bonds is 2. The zero-order valence-electron chi connectivity index (χ0n) is 3.13. The SMILES string of the molecule is FCC(Br)CI. The smallest absolute Gasteiger partial charge is 0.103 e. The third-order valence-corrected chi connectivity index (χ3v) is 3.18. The first-order chi connectivity index (χ1) is 2.81. The van der Waals surface area contributed by atoms with E-state index in [0.717, 1.165) is 4.43 Å². The van der Waals surface area contributed by atoms with Crippen molar-refractivity contribution in [2.45, 2.75) is 4.83 Å². The van der Waals surface area contributed by atoms with E-state index in [4.69, 9.17) is 0 Å². The highest BCUT2D eigenvalue weighted by Gasteiger charge is 1.95. The molecule has 0 aliphatic rings. The molecule has 0 aromatic rings. The average molecular weight is 267 g/mol. The van der Waals surface area contributed by atoms with Crippen LogP contribution in [0.1, 0.15) is 0 Å². The Hall–Kier alpha value is 1.14. The Balaban J connectivity index is 2.75. The third-order valence-electron chi connectivity index (χ3n) is 0.335. The second kappa shape index (κ2) is 4.30. The van der Waals surface area contributed by atoms with Gasteiger partial charge in [0.25, 0.3) is 0 Å². The molecule has 0 aromatic heterocycles. The van der Waals surface area contributed by atoms with Gasteiger partial charge in [-0.3, -0.25) is 0 Å². The van der Waals surface area contributed by atoms with Crippen molar-refractivity contribution in [2.24, 2.45) is 0 Å². The minimum atomic E-state index is -0.261. The predicted molar refractivity (Wildman–Crippen MR) is 37.6 cm³/mol. The fraction of sp³-hybridized carbons (Fsp3) is 1.00. The molecular weight excluding hydrogens is 262 g/mol. The zero-order valence-corrected chi connectivity index (χ0v) is 6.87. The van der Waals surface area contributed by atoms with Crippen molar-refractivity contribution < 1.29 is 4.39 Å². The lowest BCUT2D eigenvalue weighted by Crippen LogP contribution is -1.99. The maximum atomic E-state index is 11.3. The van der Waals surface area contributed by atoms with Gasteiger partial charge in [0.15, 0.2) is 0 Å². The van der Waals surface area contributed by atoms with Gasteiger partial charge in [0.1, 0.15) is 6.67 Å². The van der Waals surface area contributed by atoms with Crippen molar-refractivity contribution in [3.63, 3.8) is 0 Å². The van der Waals surface area contributed by atoms with Gasteiger partial charge >= 0.3 is 0 Å². The number of hydrogen-bond donors (Lipinski definition) is 0. The lowest BCUT2D eigenvalue weighted by Gasteiger charge is -1.92. The summed E-state index contributed by atoms with van der Waals surface area (Å²) in [5.41, 5.74) is 0. The molecule has 0 nitrogen and oxygen atoms in total. The molecule has 0 radical (unpaired) electrons. The number of hydrogen-bond acceptors (Lipinski definition) is 0. The first-order valence-corrected chi connectivity index (χ1v) is 4.01. The largest absolute Gasteiger partial charge is 0.250 e. The minimum absolute atomic E-state index is 0.0677. The summed E-state index contributed by atoms with van der Waals surface area (Å²) >= 11 is 5.22. The minimum Gasteiger partial charge on any atom is -0.250 e. The van der Waals surface area contributed by atoms with E-state index in [1.54, 1.807) is 0 Å². The van der Waals surface area contributed by atoms with Gasteiger partial charge < -0.3 is 0 Å². The van der Waals surface area contributed by atoms with Gasteiger partial charge in [-0.05, 0) is 0 Å². The highest BCUT2D eigenvalue weighted by molar-refractivity contribution is 14.1. The number of halogens is 3. The Morgan fingerprint density at radius 3 is 2.33 bits per heavy atom. The molecule has 0 amide bonds. The summed E-state index contributed by atoms with van der Waals surface area (Å²) in [6.07, 6.45) is 0. The van der Waals surface area contributed by atoms with E-state index >= 15 is 0 Å². The van der Waals surface area contributed by atoms with E-state index in [0.29, 0.717) is 0 Å². The molecule has 0 aliphatic carbocycles. The first kappa shape index (κ1) is 7.14. The summed E-state index contributed by atoms with van der Waals surface area (Å²) in [7, 11) is 0. The molecule has 1 unspecified atom stereocenters. The molecule has 0 heterocycles. The molecule has 6 heavy (non-hydrogen) atoms. The van der Waals surface area contributed by atoms with Crippen molar-refractivity contribution in [2.75, 3.05) is 11.1 Å². The maximum absolute atomic E-state index is 11.3. The van der Waals surface area contributed by atoms with Crippen LogP contribution in [0.2, 0.25) is 0 Å². The summed E-state index contributed by atoms with van der Waals surface area (Å²) < 4.78 is 12.2. The van der Waals surface area contributed by atoms with Crippen molar-refractivity contribution in [3.8, 4) is 0 Å². The van der Waals surface area contributed by atoms with Gasteiger partial charge in [-0.25, -0.2) is 4.39 Å². The Kier molecular flexibility index (Phi) is 5.12. The molecule has 0 aromatic carbocycles. The third kappa shape index (κ3) is 3.33. The Morgan fingerprint density at radius 2 is 2.33 bits per heavy atom. The van der Waals surface area contributed by atoms with Gasteiger partial charge in [-0.15, -0.1) is 0 Å². The maximum Gasteiger partial charge on any atom is 0.103 e. The fourth-order valence-corrected chi connectivity index (χ4v) is 0.277. The Labute approximate surface area is 58.8 Å². The molecule has 0 spiro atoms. The molecule has 1 atom stereocenters. The molecule has 0 saturated carbocycles. The van der Waals surface area contributed by atoms with Gasteiger partial charge in [-0.2, -0.15) is 0 Å². The second-order valence-corrected chi connectivity index (χ2v) is 3.08. The van der Waals surface area contributed by atoms with E-state index in [-0.39, 0.29) is 11.5 Å². The molecule has 0 N–H and O–H groups in total. The summed E-state index contributed by atoms with van der Waals surface area (Å²) in [5, 5.41) is 0. The molecule has 0 fully saturated rings. The van der Waals surface area contributed by atoms with E-state index in [1.165, 1.54) is 0 Å². The van der Waals surface area contributed by atoms with Crippen molar-refractivity contribution in [1.29, 1.82) is 0 Å². The normalized spacial score (nSPS) is 14.5. The Bertz CT molecular complexity index is 30.0. The van der Waals surface area contributed by atoms with Crippen LogP contribution in [0.25, 0.3) is 0 Å². The molecule has 0 aliphatic heterocycles. The highest BCUT2D eigenvalue weighted by atomic mass is 127. The van der Waals surface area contributed by atoms with E-state index in [9.17, 15) is 4.39 Å². The van der Waals surface area contributed by atoms with E-state index < -0.39 is 0 Å². The van der Waals surface area contributed by atoms with Crippen LogP contribution in [-0.2, 0) is 0 Å². The standard InChI is InChI=1S/C3H5BrFI/c4-3(1-5)2-6/h3H,1-2H2. The van der Waals surface area contributed by atoms with Crippen molar-refractivity contribution in [3.05, 3.63) is 0 Å². The van der Waals surface area contributed by atoms with Crippen LogP contribution in [0.3, 0.4) is 0 Å². The van der Waals surface area contributed by atoms with E-state index in [1.807, 2.05) is 0 Å². The van der Waals surface area contributed by atoms with Crippen LogP contribution in [0.5, 0.6) is 0 Å². The molecule has 38 valence electrons. The average Bonchev–Trinajstić information content (AvgIpc) is 1.65. The van der Waals surface area contributed by atoms with Crippen LogP contribution in [0, 0.1) is 0 Å². The highest BCUT2D eigenvalue weighted by Crippen LogP contribution is 2.02. The second-order valence-electron chi connectivity index (χ2n) is 0.906. The molecule has 0 rings (SSSR count). The lowest BCUT2D eigenvalue weighted by atomic mass is 10.6. The Morgan fingerprint density at radius 1 is 1.83 bits per heavy atom. The molecular formula is C3H5BrFI. The molecule has 0 bridgehead atoms. The van der Waals surface area contributed by atoms with Gasteiger partial charge in [0, 0.05) is 4.43 Å². The van der Waals surface area contributed by atoms with Crippen molar-refractivity contribution in [1.82, 2.24) is 0 Å².